The first-order chi connectivity index (χ1) is 13.1. The first kappa shape index (κ1) is 20.1. The number of nitrogens with zero attached hydrogens (tertiary/aromatic N) is 3. The first-order valence-electron chi connectivity index (χ1n) is 8.87. The number of halogens is 1. The second-order valence-corrected chi connectivity index (χ2v) is 8.42. The normalized spacial score (nSPS) is 14.9. The molecule has 150 valence electrons. The molecule has 0 saturated carbocycles. The highest BCUT2D eigenvalue weighted by Gasteiger charge is 2.28. The molecule has 0 aliphatic carbocycles. The van der Waals surface area contributed by atoms with Gasteiger partial charge in [0.2, 0.25) is 0 Å². The Morgan fingerprint density at radius 1 is 1.21 bits per heavy atom. The molecule has 0 atom stereocenters. The fourth-order valence-electron chi connectivity index (χ4n) is 2.83. The second kappa shape index (κ2) is 7.75. The number of rotatable bonds is 3. The third-order valence-corrected chi connectivity index (χ3v) is 5.21. The molecule has 1 N–H and O–H groups in total. The van der Waals surface area contributed by atoms with Gasteiger partial charge < -0.3 is 19.6 Å². The predicted molar refractivity (Wildman–Crippen MR) is 104 cm³/mol. The average molecular weight is 407 g/mol. The van der Waals surface area contributed by atoms with Gasteiger partial charge in [-0.15, -0.1) is 0 Å². The Hall–Kier alpha value is -2.68. The molecular formula is C19H22FN3O4S. The lowest BCUT2D eigenvalue weighted by Gasteiger charge is -2.35. The van der Waals surface area contributed by atoms with E-state index in [0.29, 0.717) is 36.9 Å². The lowest BCUT2D eigenvalue weighted by Crippen LogP contribution is -2.50. The maximum atomic E-state index is 13.6. The van der Waals surface area contributed by atoms with Gasteiger partial charge in [-0.3, -0.25) is 0 Å². The number of carbonyl (C=O) groups excluding carboxylic acids is 1. The van der Waals surface area contributed by atoms with Crippen LogP contribution >= 0.6 is 11.3 Å². The minimum atomic E-state index is -1.10. The zero-order valence-electron chi connectivity index (χ0n) is 15.9. The Balaban J connectivity index is 1.76. The van der Waals surface area contributed by atoms with Gasteiger partial charge in [0.1, 0.15) is 16.3 Å². The van der Waals surface area contributed by atoms with Crippen LogP contribution in [-0.4, -0.2) is 58.8 Å². The van der Waals surface area contributed by atoms with Crippen molar-refractivity contribution < 1.29 is 23.8 Å². The van der Waals surface area contributed by atoms with Gasteiger partial charge in [-0.1, -0.05) is 23.5 Å². The van der Waals surface area contributed by atoms with Crippen molar-refractivity contribution in [3.8, 4) is 11.3 Å². The lowest BCUT2D eigenvalue weighted by molar-refractivity contribution is 0.0240. The van der Waals surface area contributed by atoms with E-state index in [2.05, 4.69) is 4.98 Å². The van der Waals surface area contributed by atoms with E-state index in [0.717, 1.165) is 11.3 Å². The number of benzene rings is 1. The molecule has 1 saturated heterocycles. The molecular weight excluding hydrogens is 385 g/mol. The Morgan fingerprint density at radius 3 is 2.46 bits per heavy atom. The van der Waals surface area contributed by atoms with Gasteiger partial charge in [0.05, 0.1) is 5.69 Å². The standard InChI is InChI=1S/C19H22FN3O4S/c1-19(2,3)27-18(26)23-9-7-22(8-10-23)17-21-14(15(28-17)16(24)25)12-5-4-6-13(20)11-12/h4-6,11H,7-10H2,1-3H3,(H,24,25). The van der Waals surface area contributed by atoms with E-state index in [1.54, 1.807) is 11.0 Å². The van der Waals surface area contributed by atoms with E-state index in [1.165, 1.54) is 18.2 Å². The average Bonchev–Trinajstić information content (AvgIpc) is 3.06. The minimum absolute atomic E-state index is 0.0650. The molecule has 9 heteroatoms. The minimum Gasteiger partial charge on any atom is -0.477 e. The summed E-state index contributed by atoms with van der Waals surface area (Å²) in [6.45, 7) is 7.37. The number of aromatic nitrogens is 1. The Bertz CT molecular complexity index is 886. The summed E-state index contributed by atoms with van der Waals surface area (Å²) in [6, 6.07) is 5.72. The van der Waals surface area contributed by atoms with Crippen LogP contribution in [0.25, 0.3) is 11.3 Å². The summed E-state index contributed by atoms with van der Waals surface area (Å²) < 4.78 is 18.9. The summed E-state index contributed by atoms with van der Waals surface area (Å²) in [5, 5.41) is 10.1. The third-order valence-electron chi connectivity index (χ3n) is 4.11. The third kappa shape index (κ3) is 4.59. The molecule has 1 aliphatic heterocycles. The maximum Gasteiger partial charge on any atom is 0.410 e. The summed E-state index contributed by atoms with van der Waals surface area (Å²) >= 11 is 1.05. The van der Waals surface area contributed by atoms with Crippen LogP contribution in [0.5, 0.6) is 0 Å². The molecule has 1 aromatic heterocycles. The van der Waals surface area contributed by atoms with Crippen LogP contribution in [-0.2, 0) is 4.74 Å². The number of aromatic carboxylic acids is 1. The molecule has 2 aromatic rings. The monoisotopic (exact) mass is 407 g/mol. The van der Waals surface area contributed by atoms with Crippen molar-refractivity contribution in [2.24, 2.45) is 0 Å². The highest BCUT2D eigenvalue weighted by atomic mass is 32.1. The van der Waals surface area contributed by atoms with Crippen LogP contribution in [0.1, 0.15) is 30.4 Å². The molecule has 2 heterocycles. The summed E-state index contributed by atoms with van der Waals surface area (Å²) in [7, 11) is 0. The van der Waals surface area contributed by atoms with Crippen molar-refractivity contribution in [3.63, 3.8) is 0 Å². The van der Waals surface area contributed by atoms with Crippen molar-refractivity contribution in [2.45, 2.75) is 26.4 Å². The van der Waals surface area contributed by atoms with Gasteiger partial charge in [0, 0.05) is 31.7 Å². The molecule has 7 nitrogen and oxygen atoms in total. The zero-order chi connectivity index (χ0) is 20.5. The molecule has 28 heavy (non-hydrogen) atoms. The van der Waals surface area contributed by atoms with Gasteiger partial charge in [0.25, 0.3) is 0 Å². The van der Waals surface area contributed by atoms with Crippen LogP contribution in [0.2, 0.25) is 0 Å². The molecule has 1 amide bonds. The van der Waals surface area contributed by atoms with Gasteiger partial charge in [0.15, 0.2) is 5.13 Å². The van der Waals surface area contributed by atoms with E-state index in [1.807, 2.05) is 25.7 Å². The number of amides is 1. The molecule has 0 spiro atoms. The van der Waals surface area contributed by atoms with Crippen molar-refractivity contribution >= 4 is 28.5 Å². The summed E-state index contributed by atoms with van der Waals surface area (Å²) in [5.74, 6) is -1.55. The van der Waals surface area contributed by atoms with E-state index in [9.17, 15) is 19.1 Å². The fraction of sp³-hybridized carbons (Fsp3) is 0.421. The van der Waals surface area contributed by atoms with Crippen molar-refractivity contribution in [3.05, 3.63) is 35.0 Å². The van der Waals surface area contributed by atoms with E-state index < -0.39 is 17.4 Å². The van der Waals surface area contributed by atoms with Crippen LogP contribution in [0.4, 0.5) is 14.3 Å². The number of hydrogen-bond donors (Lipinski definition) is 1. The molecule has 1 aliphatic rings. The van der Waals surface area contributed by atoms with Crippen molar-refractivity contribution in [1.82, 2.24) is 9.88 Å². The van der Waals surface area contributed by atoms with Gasteiger partial charge in [-0.05, 0) is 32.9 Å². The van der Waals surface area contributed by atoms with Gasteiger partial charge in [-0.2, -0.15) is 0 Å². The molecule has 0 bridgehead atoms. The van der Waals surface area contributed by atoms with Crippen molar-refractivity contribution in [2.75, 3.05) is 31.1 Å². The number of carboxylic acid groups (broad SMARTS) is 1. The Morgan fingerprint density at radius 2 is 1.89 bits per heavy atom. The summed E-state index contributed by atoms with van der Waals surface area (Å²) in [4.78, 5) is 31.9. The number of ether oxygens (including phenoxy) is 1. The number of hydrogen-bond acceptors (Lipinski definition) is 6. The van der Waals surface area contributed by atoms with Crippen LogP contribution in [0.15, 0.2) is 24.3 Å². The summed E-state index contributed by atoms with van der Waals surface area (Å²) in [5.41, 5.74) is 0.119. The number of piperazine rings is 1. The number of anilines is 1. The number of carbonyl (C=O) groups is 2. The van der Waals surface area contributed by atoms with E-state index >= 15 is 0 Å². The van der Waals surface area contributed by atoms with E-state index in [-0.39, 0.29) is 16.7 Å². The fourth-order valence-corrected chi connectivity index (χ4v) is 3.81. The lowest BCUT2D eigenvalue weighted by atomic mass is 10.1. The quantitative estimate of drug-likeness (QED) is 0.835. The molecule has 3 rings (SSSR count). The van der Waals surface area contributed by atoms with Gasteiger partial charge >= 0.3 is 12.1 Å². The Kier molecular flexibility index (Phi) is 5.55. The molecule has 0 unspecified atom stereocenters. The van der Waals surface area contributed by atoms with Crippen LogP contribution in [0.3, 0.4) is 0 Å². The highest BCUT2D eigenvalue weighted by molar-refractivity contribution is 7.17. The van der Waals surface area contributed by atoms with Gasteiger partial charge in [-0.25, -0.2) is 19.0 Å². The SMILES string of the molecule is CC(C)(C)OC(=O)N1CCN(c2nc(-c3cccc(F)c3)c(C(=O)O)s2)CC1. The zero-order valence-corrected chi connectivity index (χ0v) is 16.8. The summed E-state index contributed by atoms with van der Waals surface area (Å²) in [6.07, 6.45) is -0.363. The maximum absolute atomic E-state index is 13.6. The molecule has 0 radical (unpaired) electrons. The topological polar surface area (TPSA) is 83.0 Å². The number of carboxylic acids is 1. The smallest absolute Gasteiger partial charge is 0.410 e. The van der Waals surface area contributed by atoms with Crippen LogP contribution < -0.4 is 4.90 Å². The molecule has 1 aromatic carbocycles. The van der Waals surface area contributed by atoms with Crippen molar-refractivity contribution in [1.29, 1.82) is 0 Å². The van der Waals surface area contributed by atoms with Crippen LogP contribution in [0, 0.1) is 5.82 Å². The largest absolute Gasteiger partial charge is 0.477 e. The van der Waals surface area contributed by atoms with E-state index in [4.69, 9.17) is 4.74 Å². The first-order valence-corrected chi connectivity index (χ1v) is 9.68. The predicted octanol–water partition coefficient (Wildman–Crippen LogP) is 3.70. The second-order valence-electron chi connectivity index (χ2n) is 7.44. The molecule has 1 fully saturated rings. The highest BCUT2D eigenvalue weighted by Crippen LogP contribution is 2.34. The Labute approximate surface area is 166 Å². The number of thiazole rings is 1.